The van der Waals surface area contributed by atoms with Crippen LogP contribution in [0.3, 0.4) is 0 Å². The fourth-order valence-corrected chi connectivity index (χ4v) is 2.74. The van der Waals surface area contributed by atoms with Crippen LogP contribution in [0.4, 0.5) is 0 Å². The van der Waals surface area contributed by atoms with Gasteiger partial charge in [0, 0.05) is 18.6 Å². The molecule has 3 rings (SSSR count). The van der Waals surface area contributed by atoms with E-state index >= 15 is 0 Å². The van der Waals surface area contributed by atoms with Crippen molar-refractivity contribution in [3.8, 4) is 0 Å². The molecule has 134 valence electrons. The molecule has 0 bridgehead atoms. The molecule has 1 saturated carbocycles. The molecule has 1 aliphatic rings. The fraction of sp³-hybridized carbons (Fsp3) is 0.500. The van der Waals surface area contributed by atoms with Gasteiger partial charge in [-0.1, -0.05) is 36.8 Å². The highest BCUT2D eigenvalue weighted by atomic mass is 16.3. The van der Waals surface area contributed by atoms with Gasteiger partial charge in [-0.05, 0) is 38.7 Å². The van der Waals surface area contributed by atoms with E-state index in [0.29, 0.717) is 24.2 Å². The first-order chi connectivity index (χ1) is 12.0. The van der Waals surface area contributed by atoms with Crippen LogP contribution >= 0.6 is 0 Å². The van der Waals surface area contributed by atoms with Crippen molar-refractivity contribution in [3.63, 3.8) is 0 Å². The number of aromatic nitrogens is 1. The van der Waals surface area contributed by atoms with Gasteiger partial charge in [0.25, 0.3) is 5.91 Å². The maximum atomic E-state index is 12.1. The van der Waals surface area contributed by atoms with E-state index in [-0.39, 0.29) is 11.9 Å². The van der Waals surface area contributed by atoms with E-state index in [2.05, 4.69) is 46.4 Å². The third kappa shape index (κ3) is 4.92. The van der Waals surface area contributed by atoms with Crippen molar-refractivity contribution in [3.05, 3.63) is 53.2 Å². The summed E-state index contributed by atoms with van der Waals surface area (Å²) in [5, 5.41) is 2.92. The molecule has 1 heterocycles. The Morgan fingerprint density at radius 2 is 2.04 bits per heavy atom. The summed E-state index contributed by atoms with van der Waals surface area (Å²) in [6, 6.07) is 9.35. The summed E-state index contributed by atoms with van der Waals surface area (Å²) in [4.78, 5) is 18.9. The zero-order valence-corrected chi connectivity index (χ0v) is 15.3. The van der Waals surface area contributed by atoms with Crippen molar-refractivity contribution in [2.75, 3.05) is 0 Å². The molecular formula is C20H27N3O2. The van der Waals surface area contributed by atoms with E-state index in [9.17, 15) is 4.79 Å². The molecule has 1 aliphatic carbocycles. The van der Waals surface area contributed by atoms with Crippen LogP contribution in [0.2, 0.25) is 0 Å². The van der Waals surface area contributed by atoms with Crippen LogP contribution in [0.25, 0.3) is 0 Å². The number of nitrogens with zero attached hydrogens (tertiary/aromatic N) is 2. The molecule has 0 radical (unpaired) electrons. The number of amides is 1. The molecule has 25 heavy (non-hydrogen) atoms. The molecule has 5 nitrogen and oxygen atoms in total. The van der Waals surface area contributed by atoms with E-state index in [0.717, 1.165) is 13.0 Å². The summed E-state index contributed by atoms with van der Waals surface area (Å²) in [6.07, 6.45) is 4.79. The maximum Gasteiger partial charge on any atom is 0.273 e. The summed E-state index contributed by atoms with van der Waals surface area (Å²) in [7, 11) is 0. The molecule has 0 spiro atoms. The van der Waals surface area contributed by atoms with Crippen molar-refractivity contribution in [2.24, 2.45) is 0 Å². The molecule has 1 aromatic carbocycles. The van der Waals surface area contributed by atoms with Gasteiger partial charge >= 0.3 is 0 Å². The Kier molecular flexibility index (Phi) is 5.53. The van der Waals surface area contributed by atoms with Gasteiger partial charge in [-0.3, -0.25) is 9.69 Å². The van der Waals surface area contributed by atoms with E-state index in [4.69, 9.17) is 4.42 Å². The molecule has 1 amide bonds. The second kappa shape index (κ2) is 7.83. The monoisotopic (exact) mass is 341 g/mol. The number of benzene rings is 1. The lowest BCUT2D eigenvalue weighted by atomic mass is 10.1. The second-order valence-electron chi connectivity index (χ2n) is 7.03. The van der Waals surface area contributed by atoms with Crippen molar-refractivity contribution in [1.82, 2.24) is 15.2 Å². The van der Waals surface area contributed by atoms with Gasteiger partial charge in [0.2, 0.25) is 5.89 Å². The minimum atomic E-state index is -0.166. The molecule has 1 fully saturated rings. The van der Waals surface area contributed by atoms with Crippen LogP contribution in [0.15, 0.2) is 34.9 Å². The minimum absolute atomic E-state index is 0.136. The molecule has 2 aromatic rings. The number of hydrogen-bond donors (Lipinski definition) is 1. The van der Waals surface area contributed by atoms with Gasteiger partial charge in [-0.2, -0.15) is 0 Å². The van der Waals surface area contributed by atoms with E-state index < -0.39 is 0 Å². The van der Waals surface area contributed by atoms with Crippen LogP contribution in [0.1, 0.15) is 60.6 Å². The van der Waals surface area contributed by atoms with E-state index in [1.165, 1.54) is 30.2 Å². The van der Waals surface area contributed by atoms with Gasteiger partial charge in [0.05, 0.1) is 6.54 Å². The molecule has 1 atom stereocenters. The summed E-state index contributed by atoms with van der Waals surface area (Å²) >= 11 is 0. The van der Waals surface area contributed by atoms with Gasteiger partial charge in [0.1, 0.15) is 6.26 Å². The quantitative estimate of drug-likeness (QED) is 0.796. The van der Waals surface area contributed by atoms with Gasteiger partial charge in [-0.25, -0.2) is 4.98 Å². The first-order valence-corrected chi connectivity index (χ1v) is 9.10. The number of oxazole rings is 1. The summed E-state index contributed by atoms with van der Waals surface area (Å²) in [5.41, 5.74) is 2.92. The zero-order chi connectivity index (χ0) is 17.8. The van der Waals surface area contributed by atoms with Gasteiger partial charge < -0.3 is 9.73 Å². The SMILES string of the molecule is CCC(C)NC(=O)c1coc(CN(Cc2ccc(C)cc2)C2CC2)n1. The average molecular weight is 341 g/mol. The Labute approximate surface area is 149 Å². The minimum Gasteiger partial charge on any atom is -0.447 e. The van der Waals surface area contributed by atoms with E-state index in [1.807, 2.05) is 13.8 Å². The molecular weight excluding hydrogens is 314 g/mol. The highest BCUT2D eigenvalue weighted by Crippen LogP contribution is 2.29. The smallest absolute Gasteiger partial charge is 0.273 e. The maximum absolute atomic E-state index is 12.1. The number of rotatable bonds is 8. The first kappa shape index (κ1) is 17.7. The topological polar surface area (TPSA) is 58.4 Å². The van der Waals surface area contributed by atoms with Crippen molar-refractivity contribution in [1.29, 1.82) is 0 Å². The molecule has 1 N–H and O–H groups in total. The summed E-state index contributed by atoms with van der Waals surface area (Å²) in [6.45, 7) is 7.63. The first-order valence-electron chi connectivity index (χ1n) is 9.10. The Morgan fingerprint density at radius 1 is 1.32 bits per heavy atom. The highest BCUT2D eigenvalue weighted by molar-refractivity contribution is 5.92. The van der Waals surface area contributed by atoms with Crippen LogP contribution in [-0.2, 0) is 13.1 Å². The lowest BCUT2D eigenvalue weighted by Crippen LogP contribution is -2.32. The zero-order valence-electron chi connectivity index (χ0n) is 15.3. The van der Waals surface area contributed by atoms with Gasteiger partial charge in [-0.15, -0.1) is 0 Å². The van der Waals surface area contributed by atoms with Crippen molar-refractivity contribution >= 4 is 5.91 Å². The largest absolute Gasteiger partial charge is 0.447 e. The molecule has 0 aliphatic heterocycles. The fourth-order valence-electron chi connectivity index (χ4n) is 2.74. The standard InChI is InChI=1S/C20H27N3O2/c1-4-15(3)21-20(24)18-13-25-19(22-18)12-23(17-9-10-17)11-16-7-5-14(2)6-8-16/h5-8,13,15,17H,4,9-12H2,1-3H3,(H,21,24). The molecule has 5 heteroatoms. The number of aryl methyl sites for hydroxylation is 1. The van der Waals surface area contributed by atoms with Crippen molar-refractivity contribution < 1.29 is 9.21 Å². The number of carbonyl (C=O) groups is 1. The summed E-state index contributed by atoms with van der Waals surface area (Å²) < 4.78 is 5.55. The third-order valence-corrected chi connectivity index (χ3v) is 4.68. The number of hydrogen-bond acceptors (Lipinski definition) is 4. The van der Waals surface area contributed by atoms with Crippen LogP contribution in [-0.4, -0.2) is 27.9 Å². The molecule has 1 aromatic heterocycles. The van der Waals surface area contributed by atoms with Crippen LogP contribution in [0.5, 0.6) is 0 Å². The molecule has 1 unspecified atom stereocenters. The predicted molar refractivity (Wildman–Crippen MR) is 97.2 cm³/mol. The second-order valence-corrected chi connectivity index (χ2v) is 7.03. The Bertz CT molecular complexity index is 704. The number of nitrogens with one attached hydrogen (secondary N) is 1. The lowest BCUT2D eigenvalue weighted by Gasteiger charge is -2.20. The Morgan fingerprint density at radius 3 is 2.68 bits per heavy atom. The Balaban J connectivity index is 1.63. The van der Waals surface area contributed by atoms with Crippen LogP contribution in [0, 0.1) is 6.92 Å². The predicted octanol–water partition coefficient (Wildman–Crippen LogP) is 3.68. The number of carbonyl (C=O) groups excluding carboxylic acids is 1. The van der Waals surface area contributed by atoms with Gasteiger partial charge in [0.15, 0.2) is 5.69 Å². The van der Waals surface area contributed by atoms with E-state index in [1.54, 1.807) is 0 Å². The summed E-state index contributed by atoms with van der Waals surface area (Å²) in [5.74, 6) is 0.439. The van der Waals surface area contributed by atoms with Crippen molar-refractivity contribution in [2.45, 2.75) is 65.2 Å². The molecule has 0 saturated heterocycles. The third-order valence-electron chi connectivity index (χ3n) is 4.68. The lowest BCUT2D eigenvalue weighted by molar-refractivity contribution is 0.0934. The normalized spacial score (nSPS) is 15.4. The van der Waals surface area contributed by atoms with Crippen LogP contribution < -0.4 is 5.32 Å². The highest BCUT2D eigenvalue weighted by Gasteiger charge is 2.30. The Hall–Kier alpha value is -2.14. The average Bonchev–Trinajstić information content (AvgIpc) is 3.35.